The average Bonchev–Trinajstić information content (AvgIpc) is 3.12. The lowest BCUT2D eigenvalue weighted by atomic mass is 9.59. The quantitative estimate of drug-likeness (QED) is 0.135. The number of hydrogen-bond acceptors (Lipinski definition) is 11. The average molecular weight is 787 g/mol. The molecule has 0 aromatic heterocycles. The van der Waals surface area contributed by atoms with E-state index in [9.17, 15) is 36.4 Å². The van der Waals surface area contributed by atoms with Gasteiger partial charge >= 0.3 is 27.3 Å². The molecule has 12 atom stereocenters. The van der Waals surface area contributed by atoms with Crippen LogP contribution in [-0.4, -0.2) is 87.2 Å². The van der Waals surface area contributed by atoms with E-state index >= 15 is 0 Å². The van der Waals surface area contributed by atoms with Crippen molar-refractivity contribution >= 4 is 34.6 Å². The van der Waals surface area contributed by atoms with Crippen molar-refractivity contribution in [2.24, 2.45) is 52.3 Å². The molecule has 7 fully saturated rings. The molecular formula is C39H56F2O12S. The van der Waals surface area contributed by atoms with E-state index in [1.807, 2.05) is 0 Å². The first-order valence-corrected chi connectivity index (χ1v) is 21.6. The first-order valence-electron chi connectivity index (χ1n) is 20.2. The van der Waals surface area contributed by atoms with E-state index in [0.29, 0.717) is 44.1 Å². The highest BCUT2D eigenvalue weighted by Gasteiger charge is 2.59. The summed E-state index contributed by atoms with van der Waals surface area (Å²) in [7, 11) is -6.03. The van der Waals surface area contributed by atoms with E-state index in [1.165, 1.54) is 0 Å². The molecule has 0 spiro atoms. The first-order chi connectivity index (χ1) is 25.7. The molecule has 1 saturated heterocycles. The van der Waals surface area contributed by atoms with Crippen LogP contribution >= 0.6 is 0 Å². The van der Waals surface area contributed by atoms with E-state index < -0.39 is 44.8 Å². The van der Waals surface area contributed by atoms with Gasteiger partial charge in [-0.1, -0.05) is 32.1 Å². The van der Waals surface area contributed by atoms with Gasteiger partial charge in [0.25, 0.3) is 0 Å². The maximum Gasteiger partial charge on any atom is 0.465 e. The van der Waals surface area contributed by atoms with Crippen molar-refractivity contribution < 1.29 is 64.6 Å². The summed E-state index contributed by atoms with van der Waals surface area (Å²) in [4.78, 5) is 49.9. The van der Waals surface area contributed by atoms with E-state index in [4.69, 9.17) is 28.2 Å². The van der Waals surface area contributed by atoms with E-state index in [2.05, 4.69) is 0 Å². The Hall–Kier alpha value is -2.07. The molecule has 6 aliphatic carbocycles. The third kappa shape index (κ3) is 8.31. The number of hydrogen-bond donors (Lipinski definition) is 1. The molecular weight excluding hydrogens is 730 g/mol. The monoisotopic (exact) mass is 786 g/mol. The number of fused-ring (bicyclic) bond motifs is 6. The van der Waals surface area contributed by atoms with Gasteiger partial charge in [-0.25, -0.2) is 4.79 Å². The summed E-state index contributed by atoms with van der Waals surface area (Å²) in [5.41, 5.74) is -2.14. The highest BCUT2D eigenvalue weighted by molar-refractivity contribution is 7.87. The van der Waals surface area contributed by atoms with Gasteiger partial charge in [0.1, 0.15) is 18.2 Å². The summed E-state index contributed by atoms with van der Waals surface area (Å²) < 4.78 is 91.1. The van der Waals surface area contributed by atoms with Gasteiger partial charge in [-0.2, -0.15) is 17.2 Å². The molecule has 304 valence electrons. The van der Waals surface area contributed by atoms with Crippen LogP contribution in [0.1, 0.15) is 116 Å². The fourth-order valence-electron chi connectivity index (χ4n) is 12.1. The van der Waals surface area contributed by atoms with Crippen LogP contribution in [-0.2, 0) is 53.0 Å². The summed E-state index contributed by atoms with van der Waals surface area (Å²) in [6.07, 6.45) is 13.8. The van der Waals surface area contributed by atoms with Crippen LogP contribution in [0.4, 0.5) is 8.78 Å². The zero-order valence-corrected chi connectivity index (χ0v) is 31.8. The van der Waals surface area contributed by atoms with Gasteiger partial charge < -0.3 is 33.3 Å². The van der Waals surface area contributed by atoms with Gasteiger partial charge in [-0.3, -0.25) is 9.35 Å². The van der Waals surface area contributed by atoms with Crippen molar-refractivity contribution in [3.05, 3.63) is 0 Å². The van der Waals surface area contributed by atoms with Gasteiger partial charge in [0.2, 0.25) is 0 Å². The lowest BCUT2D eigenvalue weighted by molar-refractivity contribution is -0.285. The van der Waals surface area contributed by atoms with Crippen LogP contribution in [0.5, 0.6) is 0 Å². The number of aldehydes is 2. The molecule has 7 aliphatic rings. The molecule has 0 aromatic rings. The fraction of sp³-hybridized carbons (Fsp3) is 0.897. The van der Waals surface area contributed by atoms with Crippen LogP contribution in [0.2, 0.25) is 0 Å². The Morgan fingerprint density at radius 2 is 1.50 bits per heavy atom. The Morgan fingerprint density at radius 1 is 0.833 bits per heavy atom. The Balaban J connectivity index is 1.05. The van der Waals surface area contributed by atoms with Crippen molar-refractivity contribution in [2.45, 2.75) is 139 Å². The second-order valence-corrected chi connectivity index (χ2v) is 19.8. The van der Waals surface area contributed by atoms with Crippen molar-refractivity contribution in [1.82, 2.24) is 0 Å². The second kappa shape index (κ2) is 15.7. The third-order valence-corrected chi connectivity index (χ3v) is 15.1. The molecule has 1 heterocycles. The Labute approximate surface area is 316 Å². The number of carbonyl (C=O) groups excluding carboxylic acids is 4. The summed E-state index contributed by atoms with van der Waals surface area (Å²) in [5, 5.41) is -5.10. The van der Waals surface area contributed by atoms with Gasteiger partial charge in [0.15, 0.2) is 6.29 Å². The van der Waals surface area contributed by atoms with Crippen LogP contribution in [0.25, 0.3) is 0 Å². The van der Waals surface area contributed by atoms with Crippen molar-refractivity contribution in [1.29, 1.82) is 0 Å². The zero-order valence-electron chi connectivity index (χ0n) is 31.0. The molecule has 0 aromatic carbocycles. The summed E-state index contributed by atoms with van der Waals surface area (Å²) >= 11 is 0. The molecule has 0 amide bonds. The van der Waals surface area contributed by atoms with Gasteiger partial charge in [-0.05, 0) is 107 Å². The zero-order chi connectivity index (χ0) is 38.4. The normalized spacial score (nSPS) is 42.3. The molecule has 15 heteroatoms. The third-order valence-electron chi connectivity index (χ3n) is 14.3. The van der Waals surface area contributed by atoms with Crippen LogP contribution in [0.15, 0.2) is 0 Å². The minimum Gasteiger partial charge on any atom is -0.465 e. The number of halogens is 2. The highest BCUT2D eigenvalue weighted by atomic mass is 32.2. The van der Waals surface area contributed by atoms with E-state index in [-0.39, 0.29) is 80.1 Å². The topological polar surface area (TPSA) is 169 Å². The molecule has 6 saturated carbocycles. The molecule has 12 unspecified atom stereocenters. The summed E-state index contributed by atoms with van der Waals surface area (Å²) in [5.74, 6) is -2.68. The predicted molar refractivity (Wildman–Crippen MR) is 186 cm³/mol. The number of rotatable bonds is 13. The van der Waals surface area contributed by atoms with Crippen molar-refractivity contribution in [3.8, 4) is 0 Å². The molecule has 6 bridgehead atoms. The molecule has 1 aliphatic heterocycles. The highest BCUT2D eigenvalue weighted by Crippen LogP contribution is 2.53. The smallest absolute Gasteiger partial charge is 0.465 e. The lowest BCUT2D eigenvalue weighted by Gasteiger charge is -2.50. The Morgan fingerprint density at radius 3 is 2.22 bits per heavy atom. The van der Waals surface area contributed by atoms with Gasteiger partial charge in [-0.15, -0.1) is 0 Å². The first kappa shape index (κ1) is 40.1. The van der Waals surface area contributed by atoms with Crippen LogP contribution in [0, 0.1) is 52.3 Å². The summed E-state index contributed by atoms with van der Waals surface area (Å²) in [6.45, 7) is 0.832. The number of alkyl halides is 2. The van der Waals surface area contributed by atoms with Crippen molar-refractivity contribution in [2.75, 3.05) is 26.4 Å². The molecule has 54 heavy (non-hydrogen) atoms. The standard InChI is InChI=1S/C39H56F2O12S/c40-39(41,54(46,47)48)35(45)53-38-9-3-6-27(17-38)12-30(18-38)33-50-21-31(22-51-34(44)37-8-2-5-26(15-37)11-29(16-37)20-43)32(52-33)23-49-24-36-7-1-4-25(13-36)10-28(14-36)19-42/h19-20,25-33H,1-18,21-24H2,(H,46,47,48). The maximum atomic E-state index is 14.3. The Kier molecular flexibility index (Phi) is 11.7. The van der Waals surface area contributed by atoms with E-state index in [0.717, 1.165) is 83.2 Å². The minimum atomic E-state index is -6.03. The molecule has 12 nitrogen and oxygen atoms in total. The maximum absolute atomic E-state index is 14.3. The fourth-order valence-corrected chi connectivity index (χ4v) is 12.3. The molecule has 0 radical (unpaired) electrons. The molecule has 1 N–H and O–H groups in total. The summed E-state index contributed by atoms with van der Waals surface area (Å²) in [6, 6.07) is 0. The second-order valence-electron chi connectivity index (χ2n) is 18.4. The van der Waals surface area contributed by atoms with Crippen LogP contribution < -0.4 is 0 Å². The minimum absolute atomic E-state index is 0.00934. The Bertz CT molecular complexity index is 1530. The van der Waals surface area contributed by atoms with E-state index in [1.54, 1.807) is 0 Å². The number of carbonyl (C=O) groups is 4. The van der Waals surface area contributed by atoms with Gasteiger partial charge in [0, 0.05) is 23.7 Å². The largest absolute Gasteiger partial charge is 0.465 e. The van der Waals surface area contributed by atoms with Crippen molar-refractivity contribution in [3.63, 3.8) is 0 Å². The van der Waals surface area contributed by atoms with Gasteiger partial charge in [0.05, 0.1) is 37.9 Å². The number of ether oxygens (including phenoxy) is 5. The van der Waals surface area contributed by atoms with Crippen LogP contribution in [0.3, 0.4) is 0 Å². The predicted octanol–water partition coefficient (Wildman–Crippen LogP) is 5.84. The number of esters is 2. The molecule has 7 rings (SSSR count). The SMILES string of the molecule is O=CC1CC2CCCC(COCC3OC(C4CC5CCCC(OC(=O)C(F)(F)S(=O)(=O)O)(C5)C4)OCC3COC(=O)C34CCCC(CC(C=O)C3)C4)(C1)C2. The lowest BCUT2D eigenvalue weighted by Crippen LogP contribution is -2.54.